The summed E-state index contributed by atoms with van der Waals surface area (Å²) in [7, 11) is 1.19. The van der Waals surface area contributed by atoms with E-state index in [2.05, 4.69) is 9.72 Å². The van der Waals surface area contributed by atoms with Crippen molar-refractivity contribution in [1.29, 1.82) is 0 Å². The Labute approximate surface area is 78.2 Å². The molecule has 0 aliphatic heterocycles. The minimum Gasteiger partial charge on any atom is -0.481 e. The molecule has 0 aromatic carbocycles. The lowest BCUT2D eigenvalue weighted by atomic mass is 10.1. The van der Waals surface area contributed by atoms with Crippen LogP contribution in [0.4, 0.5) is 13.2 Å². The second-order valence-electron chi connectivity index (χ2n) is 2.55. The van der Waals surface area contributed by atoms with Gasteiger partial charge in [-0.05, 0) is 12.1 Å². The molecular formula is C8H8F3NO2. The summed E-state index contributed by atoms with van der Waals surface area (Å²) in [5, 5.41) is 8.92. The van der Waals surface area contributed by atoms with Gasteiger partial charge in [-0.2, -0.15) is 13.2 Å². The minimum absolute atomic E-state index is 0.225. The molecule has 0 aliphatic carbocycles. The Morgan fingerprint density at radius 3 is 2.64 bits per heavy atom. The van der Waals surface area contributed by atoms with E-state index in [0.29, 0.717) is 0 Å². The van der Waals surface area contributed by atoms with Crippen LogP contribution in [0.5, 0.6) is 5.88 Å². The standard InChI is InChI=1S/C8H8F3NO2/c1-14-7-5(3-2-4-12-7)6(13)8(9,10)11/h2-4,6,13H,1H3. The van der Waals surface area contributed by atoms with Crippen LogP contribution in [-0.4, -0.2) is 23.4 Å². The molecule has 0 fully saturated rings. The van der Waals surface area contributed by atoms with E-state index >= 15 is 0 Å². The van der Waals surface area contributed by atoms with Gasteiger partial charge in [-0.1, -0.05) is 0 Å². The van der Waals surface area contributed by atoms with Crippen LogP contribution >= 0.6 is 0 Å². The first kappa shape index (κ1) is 10.8. The number of halogens is 3. The third-order valence-corrected chi connectivity index (χ3v) is 1.60. The molecule has 78 valence electrons. The summed E-state index contributed by atoms with van der Waals surface area (Å²) in [6, 6.07) is 2.41. The van der Waals surface area contributed by atoms with Crippen molar-refractivity contribution in [1.82, 2.24) is 4.98 Å². The van der Waals surface area contributed by atoms with Crippen LogP contribution in [0.25, 0.3) is 0 Å². The van der Waals surface area contributed by atoms with Gasteiger partial charge in [-0.25, -0.2) is 4.98 Å². The number of nitrogens with zero attached hydrogens (tertiary/aromatic N) is 1. The van der Waals surface area contributed by atoms with E-state index in [0.717, 1.165) is 6.07 Å². The van der Waals surface area contributed by atoms with Crippen LogP contribution in [0, 0.1) is 0 Å². The van der Waals surface area contributed by atoms with Crippen molar-refractivity contribution in [3.05, 3.63) is 23.9 Å². The summed E-state index contributed by atoms with van der Waals surface area (Å²) in [5.74, 6) is -0.225. The van der Waals surface area contributed by atoms with Crippen molar-refractivity contribution >= 4 is 0 Å². The molecule has 1 aromatic heterocycles. The van der Waals surface area contributed by atoms with Crippen LogP contribution in [-0.2, 0) is 0 Å². The van der Waals surface area contributed by atoms with Crippen LogP contribution < -0.4 is 4.74 Å². The predicted molar refractivity (Wildman–Crippen MR) is 41.8 cm³/mol. The first-order chi connectivity index (χ1) is 6.46. The van der Waals surface area contributed by atoms with Crippen LogP contribution in [0.1, 0.15) is 11.7 Å². The molecule has 0 bridgehead atoms. The van der Waals surface area contributed by atoms with Gasteiger partial charge in [0.1, 0.15) is 0 Å². The Morgan fingerprint density at radius 2 is 2.14 bits per heavy atom. The second kappa shape index (κ2) is 3.83. The van der Waals surface area contributed by atoms with E-state index in [1.807, 2.05) is 0 Å². The molecule has 1 unspecified atom stereocenters. The number of alkyl halides is 3. The summed E-state index contributed by atoms with van der Waals surface area (Å²) in [6.45, 7) is 0. The summed E-state index contributed by atoms with van der Waals surface area (Å²) in [4.78, 5) is 3.55. The summed E-state index contributed by atoms with van der Waals surface area (Å²) in [5.41, 5.74) is -0.387. The van der Waals surface area contributed by atoms with E-state index in [-0.39, 0.29) is 11.4 Å². The van der Waals surface area contributed by atoms with Crippen LogP contribution in [0.15, 0.2) is 18.3 Å². The quantitative estimate of drug-likeness (QED) is 0.802. The van der Waals surface area contributed by atoms with Crippen molar-refractivity contribution in [2.75, 3.05) is 7.11 Å². The van der Waals surface area contributed by atoms with E-state index in [1.54, 1.807) is 0 Å². The first-order valence-corrected chi connectivity index (χ1v) is 3.70. The number of pyridine rings is 1. The van der Waals surface area contributed by atoms with Gasteiger partial charge in [0.15, 0.2) is 6.10 Å². The molecular weight excluding hydrogens is 199 g/mol. The smallest absolute Gasteiger partial charge is 0.418 e. The Kier molecular flexibility index (Phi) is 2.95. The van der Waals surface area contributed by atoms with Gasteiger partial charge < -0.3 is 9.84 Å². The monoisotopic (exact) mass is 207 g/mol. The number of aliphatic hydroxyl groups is 1. The minimum atomic E-state index is -4.71. The summed E-state index contributed by atoms with van der Waals surface area (Å²) >= 11 is 0. The van der Waals surface area contributed by atoms with E-state index in [1.165, 1.54) is 19.4 Å². The maximum Gasteiger partial charge on any atom is 0.418 e. The van der Waals surface area contributed by atoms with E-state index in [4.69, 9.17) is 5.11 Å². The molecule has 6 heteroatoms. The number of methoxy groups -OCH3 is 1. The molecule has 0 radical (unpaired) electrons. The SMILES string of the molecule is COc1ncccc1C(O)C(F)(F)F. The highest BCUT2D eigenvalue weighted by Gasteiger charge is 2.41. The molecule has 0 aliphatic rings. The van der Waals surface area contributed by atoms with Crippen molar-refractivity contribution < 1.29 is 23.0 Å². The highest BCUT2D eigenvalue weighted by molar-refractivity contribution is 5.28. The maximum atomic E-state index is 12.1. The average molecular weight is 207 g/mol. The number of hydrogen-bond donors (Lipinski definition) is 1. The molecule has 3 nitrogen and oxygen atoms in total. The topological polar surface area (TPSA) is 42.4 Å². The second-order valence-corrected chi connectivity index (χ2v) is 2.55. The van der Waals surface area contributed by atoms with E-state index in [9.17, 15) is 13.2 Å². The lowest BCUT2D eigenvalue weighted by molar-refractivity contribution is -0.207. The predicted octanol–water partition coefficient (Wildman–Crippen LogP) is 1.69. The fourth-order valence-corrected chi connectivity index (χ4v) is 0.958. The summed E-state index contributed by atoms with van der Waals surface area (Å²) < 4.78 is 40.9. The Hall–Kier alpha value is -1.30. The van der Waals surface area contributed by atoms with Crippen molar-refractivity contribution in [3.63, 3.8) is 0 Å². The fourth-order valence-electron chi connectivity index (χ4n) is 0.958. The molecule has 0 amide bonds. The molecule has 0 saturated carbocycles. The number of aliphatic hydroxyl groups excluding tert-OH is 1. The molecule has 1 N–H and O–H groups in total. The molecule has 0 saturated heterocycles. The lowest BCUT2D eigenvalue weighted by Crippen LogP contribution is -2.21. The zero-order chi connectivity index (χ0) is 10.8. The molecule has 1 atom stereocenters. The zero-order valence-electron chi connectivity index (χ0n) is 7.25. The van der Waals surface area contributed by atoms with Gasteiger partial charge >= 0.3 is 6.18 Å². The Morgan fingerprint density at radius 1 is 1.50 bits per heavy atom. The lowest BCUT2D eigenvalue weighted by Gasteiger charge is -2.16. The molecule has 1 rings (SSSR count). The third kappa shape index (κ3) is 2.14. The zero-order valence-corrected chi connectivity index (χ0v) is 7.25. The van der Waals surface area contributed by atoms with Gasteiger partial charge in [-0.3, -0.25) is 0 Å². The van der Waals surface area contributed by atoms with Gasteiger partial charge in [0.05, 0.1) is 12.7 Å². The number of rotatable bonds is 2. The Balaban J connectivity index is 3.06. The molecule has 1 aromatic rings. The number of ether oxygens (including phenoxy) is 1. The fraction of sp³-hybridized carbons (Fsp3) is 0.375. The van der Waals surface area contributed by atoms with Gasteiger partial charge in [0, 0.05) is 6.20 Å². The highest BCUT2D eigenvalue weighted by Crippen LogP contribution is 2.35. The third-order valence-electron chi connectivity index (χ3n) is 1.60. The number of hydrogen-bond acceptors (Lipinski definition) is 3. The Bertz CT molecular complexity index is 314. The van der Waals surface area contributed by atoms with E-state index < -0.39 is 12.3 Å². The van der Waals surface area contributed by atoms with Crippen molar-refractivity contribution in [2.24, 2.45) is 0 Å². The molecule has 1 heterocycles. The number of aromatic nitrogens is 1. The van der Waals surface area contributed by atoms with Gasteiger partial charge in [0.2, 0.25) is 5.88 Å². The van der Waals surface area contributed by atoms with Crippen LogP contribution in [0.3, 0.4) is 0 Å². The molecule has 0 spiro atoms. The summed E-state index contributed by atoms with van der Waals surface area (Å²) in [6.07, 6.45) is -5.99. The molecule has 14 heavy (non-hydrogen) atoms. The maximum absolute atomic E-state index is 12.1. The highest BCUT2D eigenvalue weighted by atomic mass is 19.4. The average Bonchev–Trinajstić information content (AvgIpc) is 2.15. The van der Waals surface area contributed by atoms with Gasteiger partial charge in [0.25, 0.3) is 0 Å². The van der Waals surface area contributed by atoms with Crippen molar-refractivity contribution in [2.45, 2.75) is 12.3 Å². The normalized spacial score (nSPS) is 13.8. The van der Waals surface area contributed by atoms with Crippen LogP contribution in [0.2, 0.25) is 0 Å². The largest absolute Gasteiger partial charge is 0.481 e. The first-order valence-electron chi connectivity index (χ1n) is 3.70. The van der Waals surface area contributed by atoms with Crippen molar-refractivity contribution in [3.8, 4) is 5.88 Å². The van der Waals surface area contributed by atoms with Gasteiger partial charge in [-0.15, -0.1) is 0 Å².